The summed E-state index contributed by atoms with van der Waals surface area (Å²) in [5.41, 5.74) is 4.46. The number of hydrazone groups is 1. The fourth-order valence-corrected chi connectivity index (χ4v) is 2.32. The number of hydrogen-bond donors (Lipinski definition) is 1. The van der Waals surface area contributed by atoms with Crippen molar-refractivity contribution in [1.29, 1.82) is 0 Å². The van der Waals surface area contributed by atoms with Crippen LogP contribution in [0, 0.1) is 0 Å². The number of aryl methyl sites for hydroxylation is 1. The molecule has 2 rings (SSSR count). The topological polar surface area (TPSA) is 50.7 Å². The molecule has 0 heterocycles. The Hall–Kier alpha value is -2.14. The van der Waals surface area contributed by atoms with Gasteiger partial charge in [-0.3, -0.25) is 4.79 Å². The zero-order chi connectivity index (χ0) is 15.8. The molecule has 22 heavy (non-hydrogen) atoms. The minimum atomic E-state index is -0.117. The van der Waals surface area contributed by atoms with Crippen LogP contribution >= 0.6 is 15.9 Å². The normalized spacial score (nSPS) is 10.6. The maximum Gasteiger partial charge on any atom is 0.240 e. The highest BCUT2D eigenvalue weighted by Crippen LogP contribution is 2.21. The zero-order valence-corrected chi connectivity index (χ0v) is 13.8. The predicted molar refractivity (Wildman–Crippen MR) is 91.2 cm³/mol. The smallest absolute Gasteiger partial charge is 0.240 e. The Morgan fingerprint density at radius 3 is 2.77 bits per heavy atom. The first-order valence-electron chi connectivity index (χ1n) is 6.88. The number of nitrogens with zero attached hydrogens (tertiary/aromatic N) is 1. The minimum Gasteiger partial charge on any atom is -0.496 e. The van der Waals surface area contributed by atoms with E-state index < -0.39 is 0 Å². The van der Waals surface area contributed by atoms with Gasteiger partial charge in [0.2, 0.25) is 5.91 Å². The summed E-state index contributed by atoms with van der Waals surface area (Å²) in [5.74, 6) is 0.583. The van der Waals surface area contributed by atoms with Crippen LogP contribution in [-0.4, -0.2) is 19.2 Å². The van der Waals surface area contributed by atoms with Gasteiger partial charge in [0.1, 0.15) is 5.75 Å². The Kier molecular flexibility index (Phi) is 6.15. The molecule has 0 spiro atoms. The summed E-state index contributed by atoms with van der Waals surface area (Å²) in [5, 5.41) is 3.98. The molecule has 0 aliphatic heterocycles. The molecule has 2 aromatic rings. The summed E-state index contributed by atoms with van der Waals surface area (Å²) in [6, 6.07) is 15.5. The highest BCUT2D eigenvalue weighted by molar-refractivity contribution is 9.10. The van der Waals surface area contributed by atoms with Crippen LogP contribution in [0.25, 0.3) is 0 Å². The van der Waals surface area contributed by atoms with Crippen LogP contribution in [-0.2, 0) is 11.2 Å². The van der Waals surface area contributed by atoms with Crippen LogP contribution in [0.15, 0.2) is 58.1 Å². The summed E-state index contributed by atoms with van der Waals surface area (Å²) >= 11 is 3.39. The molecule has 0 aliphatic rings. The Morgan fingerprint density at radius 2 is 2.05 bits per heavy atom. The first kappa shape index (κ1) is 16.2. The second-order valence-electron chi connectivity index (χ2n) is 4.67. The lowest BCUT2D eigenvalue weighted by Gasteiger charge is -2.04. The lowest BCUT2D eigenvalue weighted by molar-refractivity contribution is -0.121. The monoisotopic (exact) mass is 360 g/mol. The van der Waals surface area contributed by atoms with Crippen LogP contribution in [0.1, 0.15) is 17.5 Å². The second-order valence-corrected chi connectivity index (χ2v) is 5.58. The Labute approximate surface area is 138 Å². The van der Waals surface area contributed by atoms with Crippen molar-refractivity contribution in [1.82, 2.24) is 5.43 Å². The molecule has 0 unspecified atom stereocenters. The molecule has 2 aromatic carbocycles. The number of halogens is 1. The van der Waals surface area contributed by atoms with E-state index in [1.54, 1.807) is 13.3 Å². The molecule has 0 saturated heterocycles. The van der Waals surface area contributed by atoms with Gasteiger partial charge in [-0.15, -0.1) is 0 Å². The lowest BCUT2D eigenvalue weighted by atomic mass is 10.1. The molecule has 4 nitrogen and oxygen atoms in total. The van der Waals surface area contributed by atoms with E-state index in [0.29, 0.717) is 18.6 Å². The Balaban J connectivity index is 1.87. The highest BCUT2D eigenvalue weighted by atomic mass is 79.9. The number of carbonyl (C=O) groups is 1. The van der Waals surface area contributed by atoms with Gasteiger partial charge in [0.25, 0.3) is 0 Å². The molecule has 0 atom stereocenters. The van der Waals surface area contributed by atoms with Crippen LogP contribution in [0.3, 0.4) is 0 Å². The SMILES string of the molecule is COc1ccc(Br)cc1/C=N\NC(=O)CCc1ccccc1. The average molecular weight is 361 g/mol. The Bertz CT molecular complexity index is 657. The van der Waals surface area contributed by atoms with Crippen LogP contribution in [0.2, 0.25) is 0 Å². The first-order valence-corrected chi connectivity index (χ1v) is 7.67. The van der Waals surface area contributed by atoms with E-state index in [0.717, 1.165) is 15.6 Å². The third-order valence-electron chi connectivity index (χ3n) is 3.07. The van der Waals surface area contributed by atoms with Crippen molar-refractivity contribution >= 4 is 28.1 Å². The fourth-order valence-electron chi connectivity index (χ4n) is 1.94. The summed E-state index contributed by atoms with van der Waals surface area (Å²) in [4.78, 5) is 11.8. The quantitative estimate of drug-likeness (QED) is 0.632. The molecular formula is C17H17BrN2O2. The summed E-state index contributed by atoms with van der Waals surface area (Å²) in [7, 11) is 1.60. The molecule has 1 amide bonds. The first-order chi connectivity index (χ1) is 10.7. The number of nitrogens with one attached hydrogen (secondary N) is 1. The molecule has 0 saturated carbocycles. The average Bonchev–Trinajstić information content (AvgIpc) is 2.54. The van der Waals surface area contributed by atoms with Gasteiger partial charge in [-0.2, -0.15) is 5.10 Å². The molecule has 0 fully saturated rings. The summed E-state index contributed by atoms with van der Waals surface area (Å²) in [6.07, 6.45) is 2.67. The second kappa shape index (κ2) is 8.34. The molecular weight excluding hydrogens is 344 g/mol. The van der Waals surface area contributed by atoms with E-state index in [9.17, 15) is 4.79 Å². The largest absolute Gasteiger partial charge is 0.496 e. The van der Waals surface area contributed by atoms with Crippen molar-refractivity contribution in [3.05, 3.63) is 64.1 Å². The molecule has 1 N–H and O–H groups in total. The van der Waals surface area contributed by atoms with Crippen molar-refractivity contribution in [3.8, 4) is 5.75 Å². The van der Waals surface area contributed by atoms with Gasteiger partial charge in [0, 0.05) is 16.5 Å². The van der Waals surface area contributed by atoms with Crippen LogP contribution in [0.5, 0.6) is 5.75 Å². The number of carbonyl (C=O) groups excluding carboxylic acids is 1. The van der Waals surface area contributed by atoms with E-state index in [-0.39, 0.29) is 5.91 Å². The van der Waals surface area contributed by atoms with Crippen LogP contribution < -0.4 is 10.2 Å². The third kappa shape index (κ3) is 5.00. The van der Waals surface area contributed by atoms with Crippen molar-refractivity contribution in [2.45, 2.75) is 12.8 Å². The van der Waals surface area contributed by atoms with Gasteiger partial charge in [-0.25, -0.2) is 5.43 Å². The third-order valence-corrected chi connectivity index (χ3v) is 3.56. The molecule has 0 radical (unpaired) electrons. The van der Waals surface area contributed by atoms with Crippen molar-refractivity contribution < 1.29 is 9.53 Å². The summed E-state index contributed by atoms with van der Waals surface area (Å²) < 4.78 is 6.16. The highest BCUT2D eigenvalue weighted by Gasteiger charge is 2.02. The van der Waals surface area contributed by atoms with Crippen LogP contribution in [0.4, 0.5) is 0 Å². The lowest BCUT2D eigenvalue weighted by Crippen LogP contribution is -2.17. The van der Waals surface area contributed by atoms with E-state index in [2.05, 4.69) is 26.5 Å². The molecule has 5 heteroatoms. The number of rotatable bonds is 6. The fraction of sp³-hybridized carbons (Fsp3) is 0.176. The Morgan fingerprint density at radius 1 is 1.27 bits per heavy atom. The molecule has 0 aliphatic carbocycles. The van der Waals surface area contributed by atoms with Gasteiger partial charge in [-0.1, -0.05) is 46.3 Å². The number of methoxy groups -OCH3 is 1. The minimum absolute atomic E-state index is 0.117. The van der Waals surface area contributed by atoms with E-state index in [1.807, 2.05) is 48.5 Å². The van der Waals surface area contributed by atoms with Crippen molar-refractivity contribution in [2.75, 3.05) is 7.11 Å². The van der Waals surface area contributed by atoms with Crippen molar-refractivity contribution in [2.24, 2.45) is 5.10 Å². The van der Waals surface area contributed by atoms with E-state index in [1.165, 1.54) is 0 Å². The van der Waals surface area contributed by atoms with Gasteiger partial charge in [0.15, 0.2) is 0 Å². The zero-order valence-electron chi connectivity index (χ0n) is 12.3. The molecule has 0 aromatic heterocycles. The van der Waals surface area contributed by atoms with Gasteiger partial charge in [0.05, 0.1) is 13.3 Å². The van der Waals surface area contributed by atoms with Gasteiger partial charge in [-0.05, 0) is 30.2 Å². The predicted octanol–water partition coefficient (Wildman–Crippen LogP) is 3.54. The molecule has 114 valence electrons. The maximum atomic E-state index is 11.8. The summed E-state index contributed by atoms with van der Waals surface area (Å²) in [6.45, 7) is 0. The standard InChI is InChI=1S/C17H17BrN2O2/c1-22-16-9-8-15(18)11-14(16)12-19-20-17(21)10-7-13-5-3-2-4-6-13/h2-6,8-9,11-12H,7,10H2,1H3,(H,20,21)/b19-12-. The van der Waals surface area contributed by atoms with Crippen molar-refractivity contribution in [3.63, 3.8) is 0 Å². The number of benzene rings is 2. The van der Waals surface area contributed by atoms with E-state index >= 15 is 0 Å². The maximum absolute atomic E-state index is 11.8. The number of ether oxygens (including phenoxy) is 1. The molecule has 0 bridgehead atoms. The number of hydrogen-bond acceptors (Lipinski definition) is 3. The number of amides is 1. The van der Waals surface area contributed by atoms with Gasteiger partial charge < -0.3 is 4.74 Å². The van der Waals surface area contributed by atoms with Gasteiger partial charge >= 0.3 is 0 Å². The van der Waals surface area contributed by atoms with E-state index in [4.69, 9.17) is 4.74 Å².